The van der Waals surface area contributed by atoms with Gasteiger partial charge in [-0.2, -0.15) is 5.26 Å². The number of rotatable bonds is 7. The summed E-state index contributed by atoms with van der Waals surface area (Å²) in [4.78, 5) is 1.83. The number of sulfonamides is 1. The number of halogens is 2. The minimum atomic E-state index is -3.93. The van der Waals surface area contributed by atoms with Crippen LogP contribution >= 0.6 is 23.2 Å². The van der Waals surface area contributed by atoms with Crippen LogP contribution in [-0.4, -0.2) is 40.6 Å². The lowest BCUT2D eigenvalue weighted by molar-refractivity contribution is 0.261. The smallest absolute Gasteiger partial charge is 0.263 e. The van der Waals surface area contributed by atoms with Crippen LogP contribution in [0.15, 0.2) is 41.3 Å². The van der Waals surface area contributed by atoms with Gasteiger partial charge in [0.2, 0.25) is 0 Å². The second-order valence-electron chi connectivity index (χ2n) is 5.66. The van der Waals surface area contributed by atoms with Crippen molar-refractivity contribution in [3.8, 4) is 11.8 Å². The number of nitriles is 1. The second-order valence-corrected chi connectivity index (χ2v) is 8.12. The summed E-state index contributed by atoms with van der Waals surface area (Å²) in [5.74, 6) is 0.375. The van der Waals surface area contributed by atoms with Crippen molar-refractivity contribution < 1.29 is 13.2 Å². The predicted octanol–water partition coefficient (Wildman–Crippen LogP) is 3.61. The van der Waals surface area contributed by atoms with Crippen LogP contribution in [0.3, 0.4) is 0 Å². The zero-order chi connectivity index (χ0) is 19.3. The SMILES string of the molecule is CN(C)CCOc1cc(NS(=O)(=O)c2ccc(C#N)cc2Cl)ccc1Cl. The Morgan fingerprint density at radius 3 is 2.50 bits per heavy atom. The maximum absolute atomic E-state index is 12.6. The van der Waals surface area contributed by atoms with E-state index in [1.54, 1.807) is 6.07 Å². The first-order valence-electron chi connectivity index (χ1n) is 7.52. The standard InChI is InChI=1S/C17H17Cl2N3O3S/c1-22(2)7-8-25-16-10-13(4-5-14(16)18)21-26(23,24)17-6-3-12(11-20)9-15(17)19/h3-6,9-10,21H,7-8H2,1-2H3. The minimum Gasteiger partial charge on any atom is -0.491 e. The van der Waals surface area contributed by atoms with Crippen molar-refractivity contribution in [2.24, 2.45) is 0 Å². The molecule has 0 radical (unpaired) electrons. The third-order valence-corrected chi connectivity index (χ3v) is 5.51. The molecule has 0 saturated heterocycles. The van der Waals surface area contributed by atoms with Crippen molar-refractivity contribution in [3.63, 3.8) is 0 Å². The van der Waals surface area contributed by atoms with E-state index in [9.17, 15) is 8.42 Å². The van der Waals surface area contributed by atoms with Crippen LogP contribution in [0, 0.1) is 11.3 Å². The Morgan fingerprint density at radius 2 is 1.88 bits per heavy atom. The summed E-state index contributed by atoms with van der Waals surface area (Å²) < 4.78 is 33.2. The largest absolute Gasteiger partial charge is 0.491 e. The summed E-state index contributed by atoms with van der Waals surface area (Å²) in [6.45, 7) is 1.09. The molecule has 0 fully saturated rings. The van der Waals surface area contributed by atoms with Crippen molar-refractivity contribution in [2.75, 3.05) is 32.0 Å². The van der Waals surface area contributed by atoms with Gasteiger partial charge < -0.3 is 9.64 Å². The summed E-state index contributed by atoms with van der Waals surface area (Å²) >= 11 is 12.1. The molecule has 0 atom stereocenters. The maximum atomic E-state index is 12.6. The summed E-state index contributed by atoms with van der Waals surface area (Å²) in [6, 6.07) is 10.5. The van der Waals surface area contributed by atoms with E-state index in [-0.39, 0.29) is 21.2 Å². The molecule has 1 N–H and O–H groups in total. The molecule has 0 unspecified atom stereocenters. The highest BCUT2D eigenvalue weighted by molar-refractivity contribution is 7.92. The molecule has 0 aliphatic rings. The first-order valence-corrected chi connectivity index (χ1v) is 9.76. The van der Waals surface area contributed by atoms with Gasteiger partial charge in [0.05, 0.1) is 27.4 Å². The molecule has 9 heteroatoms. The predicted molar refractivity (Wildman–Crippen MR) is 102 cm³/mol. The Kier molecular flexibility index (Phi) is 6.73. The van der Waals surface area contributed by atoms with Gasteiger partial charge in [-0.05, 0) is 44.4 Å². The number of anilines is 1. The molecule has 2 aromatic rings. The fourth-order valence-corrected chi connectivity index (χ4v) is 3.78. The highest BCUT2D eigenvalue weighted by Gasteiger charge is 2.19. The van der Waals surface area contributed by atoms with Gasteiger partial charge in [0.25, 0.3) is 10.0 Å². The maximum Gasteiger partial charge on any atom is 0.263 e. The highest BCUT2D eigenvalue weighted by Crippen LogP contribution is 2.30. The van der Waals surface area contributed by atoms with Gasteiger partial charge in [-0.3, -0.25) is 4.72 Å². The van der Waals surface area contributed by atoms with Crippen LogP contribution in [0.1, 0.15) is 5.56 Å². The van der Waals surface area contributed by atoms with E-state index >= 15 is 0 Å². The topological polar surface area (TPSA) is 82.4 Å². The highest BCUT2D eigenvalue weighted by atomic mass is 35.5. The lowest BCUT2D eigenvalue weighted by Gasteiger charge is -2.14. The Bertz CT molecular complexity index is 941. The molecule has 0 heterocycles. The number of benzene rings is 2. The third-order valence-electron chi connectivity index (χ3n) is 3.33. The van der Waals surface area contributed by atoms with Gasteiger partial charge >= 0.3 is 0 Å². The van der Waals surface area contributed by atoms with Gasteiger partial charge in [0.15, 0.2) is 0 Å². The van der Waals surface area contributed by atoms with Crippen molar-refractivity contribution in [1.82, 2.24) is 4.90 Å². The van der Waals surface area contributed by atoms with Gasteiger partial charge in [-0.1, -0.05) is 23.2 Å². The van der Waals surface area contributed by atoms with E-state index in [1.165, 1.54) is 30.3 Å². The molecule has 0 saturated carbocycles. The molecule has 6 nitrogen and oxygen atoms in total. The molecule has 2 rings (SSSR count). The minimum absolute atomic E-state index is 0.0343. The number of ether oxygens (including phenoxy) is 1. The van der Waals surface area contributed by atoms with Crippen LogP contribution < -0.4 is 9.46 Å². The summed E-state index contributed by atoms with van der Waals surface area (Å²) in [5, 5.41) is 9.19. The molecule has 138 valence electrons. The van der Waals surface area contributed by atoms with Crippen molar-refractivity contribution in [2.45, 2.75) is 4.90 Å². The van der Waals surface area contributed by atoms with Crippen LogP contribution in [0.5, 0.6) is 5.75 Å². The Hall–Kier alpha value is -1.98. The van der Waals surface area contributed by atoms with Crippen LogP contribution in [0.2, 0.25) is 10.0 Å². The lowest BCUT2D eigenvalue weighted by atomic mass is 10.2. The molecule has 0 bridgehead atoms. The third kappa shape index (κ3) is 5.26. The number of nitrogens with one attached hydrogen (secondary N) is 1. The molecule has 0 amide bonds. The zero-order valence-electron chi connectivity index (χ0n) is 14.2. The molecule has 0 aliphatic carbocycles. The van der Waals surface area contributed by atoms with Crippen molar-refractivity contribution >= 4 is 38.9 Å². The van der Waals surface area contributed by atoms with Crippen LogP contribution in [-0.2, 0) is 10.0 Å². The average Bonchev–Trinajstić information content (AvgIpc) is 2.56. The van der Waals surface area contributed by atoms with Gasteiger partial charge in [0.1, 0.15) is 17.3 Å². The first-order chi connectivity index (χ1) is 12.2. The first kappa shape index (κ1) is 20.3. The van der Waals surface area contributed by atoms with E-state index in [4.69, 9.17) is 33.2 Å². The molecule has 0 spiro atoms. The van der Waals surface area contributed by atoms with Gasteiger partial charge in [0, 0.05) is 12.6 Å². The van der Waals surface area contributed by atoms with Crippen LogP contribution in [0.25, 0.3) is 0 Å². The molecule has 0 aromatic heterocycles. The molecule has 26 heavy (non-hydrogen) atoms. The summed E-state index contributed by atoms with van der Waals surface area (Å²) in [5.41, 5.74) is 0.562. The van der Waals surface area contributed by atoms with E-state index < -0.39 is 10.0 Å². The van der Waals surface area contributed by atoms with Crippen molar-refractivity contribution in [1.29, 1.82) is 5.26 Å². The fraction of sp³-hybridized carbons (Fsp3) is 0.235. The number of nitrogens with zero attached hydrogens (tertiary/aromatic N) is 2. The molecule has 2 aromatic carbocycles. The van der Waals surface area contributed by atoms with E-state index in [1.807, 2.05) is 25.1 Å². The molecular formula is C17H17Cl2N3O3S. The van der Waals surface area contributed by atoms with Gasteiger partial charge in [-0.25, -0.2) is 8.42 Å². The quantitative estimate of drug-likeness (QED) is 0.749. The number of likely N-dealkylation sites (N-methyl/N-ethyl adjacent to an activating group) is 1. The Balaban J connectivity index is 2.23. The zero-order valence-corrected chi connectivity index (χ0v) is 16.5. The molecular weight excluding hydrogens is 397 g/mol. The fourth-order valence-electron chi connectivity index (χ4n) is 2.01. The molecule has 0 aliphatic heterocycles. The number of hydrogen-bond acceptors (Lipinski definition) is 5. The lowest BCUT2D eigenvalue weighted by Crippen LogP contribution is -2.19. The van der Waals surface area contributed by atoms with Crippen molar-refractivity contribution in [3.05, 3.63) is 52.0 Å². The van der Waals surface area contributed by atoms with Crippen LogP contribution in [0.4, 0.5) is 5.69 Å². The summed E-state index contributed by atoms with van der Waals surface area (Å²) in [6.07, 6.45) is 0. The van der Waals surface area contributed by atoms with Gasteiger partial charge in [-0.15, -0.1) is 0 Å². The van der Waals surface area contributed by atoms with E-state index in [2.05, 4.69) is 4.72 Å². The monoisotopic (exact) mass is 413 g/mol. The van der Waals surface area contributed by atoms with E-state index in [0.29, 0.717) is 23.9 Å². The number of hydrogen-bond donors (Lipinski definition) is 1. The summed E-state index contributed by atoms with van der Waals surface area (Å²) in [7, 11) is -0.104. The Labute approximate surface area is 162 Å². The Morgan fingerprint density at radius 1 is 1.15 bits per heavy atom. The second kappa shape index (κ2) is 8.60. The van der Waals surface area contributed by atoms with E-state index in [0.717, 1.165) is 0 Å². The average molecular weight is 414 g/mol. The normalized spacial score (nSPS) is 11.2.